The molecule has 1 rings (SSSR count). The predicted octanol–water partition coefficient (Wildman–Crippen LogP) is -2.31. The SMILES string of the molecule is CC(C)(C)C(=O)C[n+]1ccc(C(N)=O)cc1.[Br-]. The largest absolute Gasteiger partial charge is 1.00 e. The molecule has 0 aliphatic heterocycles. The molecule has 0 aromatic carbocycles. The number of hydrogen-bond donors (Lipinski definition) is 1. The molecule has 0 fully saturated rings. The van der Waals surface area contributed by atoms with Crippen molar-refractivity contribution in [2.75, 3.05) is 0 Å². The average Bonchev–Trinajstić information content (AvgIpc) is 2.17. The number of ketones is 1. The first-order valence-electron chi connectivity index (χ1n) is 5.13. The van der Waals surface area contributed by atoms with Gasteiger partial charge in [-0.15, -0.1) is 0 Å². The van der Waals surface area contributed by atoms with Crippen molar-refractivity contribution < 1.29 is 31.1 Å². The van der Waals surface area contributed by atoms with E-state index < -0.39 is 5.91 Å². The van der Waals surface area contributed by atoms with Gasteiger partial charge in [0, 0.05) is 17.5 Å². The van der Waals surface area contributed by atoms with Gasteiger partial charge >= 0.3 is 0 Å². The van der Waals surface area contributed by atoms with Crippen LogP contribution < -0.4 is 27.3 Å². The third-order valence-electron chi connectivity index (χ3n) is 2.34. The summed E-state index contributed by atoms with van der Waals surface area (Å²) in [6.45, 7) is 5.96. The van der Waals surface area contributed by atoms with E-state index in [1.807, 2.05) is 20.8 Å². The first-order chi connectivity index (χ1) is 7.30. The predicted molar refractivity (Wildman–Crippen MR) is 59.6 cm³/mol. The molecule has 0 radical (unpaired) electrons. The van der Waals surface area contributed by atoms with E-state index in [0.29, 0.717) is 12.1 Å². The summed E-state index contributed by atoms with van der Waals surface area (Å²) in [6.07, 6.45) is 3.37. The van der Waals surface area contributed by atoms with Crippen molar-refractivity contribution in [3.63, 3.8) is 0 Å². The molecule has 17 heavy (non-hydrogen) atoms. The number of nitrogens with zero attached hydrogens (tertiary/aromatic N) is 1. The maximum Gasteiger partial charge on any atom is 0.249 e. The zero-order chi connectivity index (χ0) is 12.3. The Morgan fingerprint density at radius 3 is 2.06 bits per heavy atom. The second-order valence-electron chi connectivity index (χ2n) is 4.80. The van der Waals surface area contributed by atoms with E-state index in [1.165, 1.54) is 0 Å². The number of pyridine rings is 1. The number of hydrogen-bond acceptors (Lipinski definition) is 2. The van der Waals surface area contributed by atoms with Crippen LogP contribution >= 0.6 is 0 Å². The fourth-order valence-corrected chi connectivity index (χ4v) is 1.13. The molecule has 4 nitrogen and oxygen atoms in total. The van der Waals surface area contributed by atoms with Crippen molar-refractivity contribution in [3.8, 4) is 0 Å². The number of Topliss-reactive ketones (excluding diaryl/α,β-unsaturated/α-hetero) is 1. The Morgan fingerprint density at radius 2 is 1.71 bits per heavy atom. The molecular weight excluding hydrogens is 284 g/mol. The lowest BCUT2D eigenvalue weighted by Crippen LogP contribution is -3.00. The van der Waals surface area contributed by atoms with Crippen LogP contribution in [0.5, 0.6) is 0 Å². The van der Waals surface area contributed by atoms with Gasteiger partial charge in [-0.05, 0) is 0 Å². The number of rotatable bonds is 3. The first-order valence-corrected chi connectivity index (χ1v) is 5.13. The van der Waals surface area contributed by atoms with Crippen LogP contribution in [0.15, 0.2) is 24.5 Å². The normalized spacial score (nSPS) is 10.5. The van der Waals surface area contributed by atoms with Crippen LogP contribution in [-0.2, 0) is 11.3 Å². The third kappa shape index (κ3) is 4.65. The van der Waals surface area contributed by atoms with Crippen molar-refractivity contribution >= 4 is 11.7 Å². The Labute approximate surface area is 112 Å². The average molecular weight is 301 g/mol. The molecule has 1 aromatic heterocycles. The van der Waals surface area contributed by atoms with Gasteiger partial charge in [0.05, 0.1) is 5.56 Å². The number of halogens is 1. The standard InChI is InChI=1S/C12H16N2O2.BrH/c1-12(2,3)10(15)8-14-6-4-9(5-7-14)11(13)16;/h4-7H,8H2,1-3H3,(H-,13,16);1H. The quantitative estimate of drug-likeness (QED) is 0.638. The summed E-state index contributed by atoms with van der Waals surface area (Å²) in [7, 11) is 0. The minimum atomic E-state index is -0.464. The molecule has 1 aromatic rings. The van der Waals surface area contributed by atoms with Gasteiger partial charge in [-0.3, -0.25) is 9.59 Å². The number of primary amides is 1. The van der Waals surface area contributed by atoms with E-state index in [4.69, 9.17) is 5.73 Å². The van der Waals surface area contributed by atoms with E-state index in [9.17, 15) is 9.59 Å². The third-order valence-corrected chi connectivity index (χ3v) is 2.34. The van der Waals surface area contributed by atoms with E-state index >= 15 is 0 Å². The monoisotopic (exact) mass is 300 g/mol. The van der Waals surface area contributed by atoms with Crippen LogP contribution in [0.4, 0.5) is 0 Å². The smallest absolute Gasteiger partial charge is 0.249 e. The van der Waals surface area contributed by atoms with Crippen molar-refractivity contribution in [2.24, 2.45) is 11.1 Å². The van der Waals surface area contributed by atoms with Gasteiger partial charge in [-0.1, -0.05) is 20.8 Å². The Hall–Kier alpha value is -1.23. The zero-order valence-electron chi connectivity index (χ0n) is 10.2. The Kier molecular flexibility index (Phi) is 5.48. The molecule has 0 atom stereocenters. The van der Waals surface area contributed by atoms with Crippen LogP contribution in [0, 0.1) is 5.41 Å². The molecule has 0 saturated carbocycles. The number of carbonyl (C=O) groups is 2. The Balaban J connectivity index is 0.00000256. The fraction of sp³-hybridized carbons (Fsp3) is 0.417. The van der Waals surface area contributed by atoms with E-state index in [1.54, 1.807) is 29.1 Å². The summed E-state index contributed by atoms with van der Waals surface area (Å²) in [4.78, 5) is 22.6. The molecule has 0 bridgehead atoms. The summed E-state index contributed by atoms with van der Waals surface area (Å²) in [6, 6.07) is 3.22. The minimum Gasteiger partial charge on any atom is -1.00 e. The molecule has 2 N–H and O–H groups in total. The molecule has 94 valence electrons. The molecule has 5 heteroatoms. The molecular formula is C12H17BrN2O2. The zero-order valence-corrected chi connectivity index (χ0v) is 11.8. The lowest BCUT2D eigenvalue weighted by atomic mass is 9.91. The van der Waals surface area contributed by atoms with Crippen molar-refractivity contribution in [3.05, 3.63) is 30.1 Å². The molecule has 1 amide bonds. The Bertz CT molecular complexity index is 408. The molecule has 0 saturated heterocycles. The number of nitrogens with two attached hydrogens (primary N) is 1. The number of aromatic nitrogens is 1. The van der Waals surface area contributed by atoms with Crippen LogP contribution in [0.2, 0.25) is 0 Å². The van der Waals surface area contributed by atoms with E-state index in [0.717, 1.165) is 0 Å². The molecule has 0 spiro atoms. The highest BCUT2D eigenvalue weighted by atomic mass is 79.9. The van der Waals surface area contributed by atoms with Crippen molar-refractivity contribution in [1.29, 1.82) is 0 Å². The maximum atomic E-state index is 11.7. The summed E-state index contributed by atoms with van der Waals surface area (Å²) >= 11 is 0. The molecule has 0 aliphatic rings. The van der Waals surface area contributed by atoms with Crippen LogP contribution in [0.3, 0.4) is 0 Å². The van der Waals surface area contributed by atoms with Gasteiger partial charge in [0.2, 0.25) is 18.2 Å². The van der Waals surface area contributed by atoms with Crippen LogP contribution in [0.1, 0.15) is 31.1 Å². The Morgan fingerprint density at radius 1 is 1.24 bits per heavy atom. The topological polar surface area (TPSA) is 64.0 Å². The van der Waals surface area contributed by atoms with Gasteiger partial charge in [0.15, 0.2) is 12.4 Å². The molecule has 0 aliphatic carbocycles. The highest BCUT2D eigenvalue weighted by molar-refractivity contribution is 5.92. The number of amides is 1. The highest BCUT2D eigenvalue weighted by Crippen LogP contribution is 2.14. The van der Waals surface area contributed by atoms with Gasteiger partial charge < -0.3 is 22.7 Å². The van der Waals surface area contributed by atoms with Gasteiger partial charge in [-0.2, -0.15) is 4.57 Å². The lowest BCUT2D eigenvalue weighted by molar-refractivity contribution is -0.684. The first kappa shape index (κ1) is 15.8. The van der Waals surface area contributed by atoms with Gasteiger partial charge in [0.1, 0.15) is 0 Å². The van der Waals surface area contributed by atoms with Crippen LogP contribution in [0.25, 0.3) is 0 Å². The van der Waals surface area contributed by atoms with Crippen molar-refractivity contribution in [2.45, 2.75) is 27.3 Å². The second kappa shape index (κ2) is 5.91. The van der Waals surface area contributed by atoms with Crippen LogP contribution in [-0.4, -0.2) is 11.7 Å². The summed E-state index contributed by atoms with van der Waals surface area (Å²) in [5.74, 6) is -0.321. The lowest BCUT2D eigenvalue weighted by Gasteiger charge is -2.13. The summed E-state index contributed by atoms with van der Waals surface area (Å²) in [5, 5.41) is 0. The number of carbonyl (C=O) groups excluding carboxylic acids is 2. The van der Waals surface area contributed by atoms with Crippen molar-refractivity contribution in [1.82, 2.24) is 0 Å². The van der Waals surface area contributed by atoms with Gasteiger partial charge in [-0.25, -0.2) is 0 Å². The summed E-state index contributed by atoms with van der Waals surface area (Å²) in [5.41, 5.74) is 5.21. The maximum absolute atomic E-state index is 11.7. The highest BCUT2D eigenvalue weighted by Gasteiger charge is 2.24. The fourth-order valence-electron chi connectivity index (χ4n) is 1.13. The van der Waals surface area contributed by atoms with E-state index in [2.05, 4.69) is 0 Å². The second-order valence-corrected chi connectivity index (χ2v) is 4.80. The summed E-state index contributed by atoms with van der Waals surface area (Å²) < 4.78 is 1.74. The van der Waals surface area contributed by atoms with E-state index in [-0.39, 0.29) is 28.2 Å². The van der Waals surface area contributed by atoms with Gasteiger partial charge in [0.25, 0.3) is 0 Å². The minimum absolute atomic E-state index is 0. The molecule has 1 heterocycles. The molecule has 0 unspecified atom stereocenters.